The van der Waals surface area contributed by atoms with E-state index >= 15 is 0 Å². The van der Waals surface area contributed by atoms with Crippen molar-refractivity contribution in [2.75, 3.05) is 35.7 Å². The Hall–Kier alpha value is -2.09. The van der Waals surface area contributed by atoms with E-state index in [1.807, 2.05) is 0 Å². The van der Waals surface area contributed by atoms with Crippen LogP contribution in [0.5, 0.6) is 0 Å². The molecule has 1 aliphatic heterocycles. The highest BCUT2D eigenvalue weighted by Crippen LogP contribution is 2.28. The first kappa shape index (κ1) is 14.3. The number of nitrogens with two attached hydrogens (primary N) is 1. The summed E-state index contributed by atoms with van der Waals surface area (Å²) in [5, 5.41) is 31.4. The van der Waals surface area contributed by atoms with Crippen molar-refractivity contribution < 1.29 is 15.3 Å². The van der Waals surface area contributed by atoms with Gasteiger partial charge in [0.1, 0.15) is 5.82 Å². The van der Waals surface area contributed by atoms with Gasteiger partial charge in [0.15, 0.2) is 11.5 Å². The van der Waals surface area contributed by atoms with E-state index in [4.69, 9.17) is 10.8 Å². The lowest BCUT2D eigenvalue weighted by Crippen LogP contribution is -2.48. The molecule has 0 radical (unpaired) electrons. The van der Waals surface area contributed by atoms with Crippen molar-refractivity contribution in [1.82, 2.24) is 4.98 Å². The Balaban J connectivity index is 2.32. The fraction of sp³-hybridized carbons (Fsp3) is 0.308. The summed E-state index contributed by atoms with van der Waals surface area (Å²) in [6, 6.07) is 3.29. The lowest BCUT2D eigenvalue weighted by atomic mass is 10.1. The molecule has 0 saturated heterocycles. The molecule has 0 bridgehead atoms. The summed E-state index contributed by atoms with van der Waals surface area (Å²) in [6.45, 7) is -0.196. The standard InChI is InChI=1S/C13H18N4O3/c14-10-3-4-11(16-12(10)15-6-8-18)17-7-2-1-5-13(17,20)9-19/h1-5,7,18-20H,6,8-9,14H2,(H,15,16). The fourth-order valence-electron chi connectivity index (χ4n) is 1.87. The monoisotopic (exact) mass is 278 g/mol. The van der Waals surface area contributed by atoms with Gasteiger partial charge in [0, 0.05) is 12.7 Å². The molecule has 20 heavy (non-hydrogen) atoms. The van der Waals surface area contributed by atoms with Crippen molar-refractivity contribution in [3.63, 3.8) is 0 Å². The Labute approximate surface area is 116 Å². The number of nitrogen functional groups attached to an aromatic ring is 1. The maximum atomic E-state index is 10.3. The van der Waals surface area contributed by atoms with E-state index in [0.29, 0.717) is 23.9 Å². The summed E-state index contributed by atoms with van der Waals surface area (Å²) in [5.74, 6) is 0.844. The lowest BCUT2D eigenvalue weighted by Gasteiger charge is -2.36. The molecular formula is C13H18N4O3. The highest BCUT2D eigenvalue weighted by Gasteiger charge is 2.32. The van der Waals surface area contributed by atoms with Gasteiger partial charge in [0.2, 0.25) is 0 Å². The number of hydrogen-bond acceptors (Lipinski definition) is 7. The SMILES string of the molecule is Nc1ccc(N2C=CC=CC2(O)CO)nc1NCCO. The van der Waals surface area contributed by atoms with E-state index in [1.54, 1.807) is 30.5 Å². The maximum absolute atomic E-state index is 10.3. The number of rotatable bonds is 5. The molecule has 7 nitrogen and oxygen atoms in total. The molecule has 1 atom stereocenters. The largest absolute Gasteiger partial charge is 0.396 e. The normalized spacial score (nSPS) is 21.2. The summed E-state index contributed by atoms with van der Waals surface area (Å²) in [6.07, 6.45) is 6.47. The third-order valence-corrected chi connectivity index (χ3v) is 2.92. The Morgan fingerprint density at radius 3 is 2.80 bits per heavy atom. The van der Waals surface area contributed by atoms with Crippen LogP contribution in [0.15, 0.2) is 36.6 Å². The Bertz CT molecular complexity index is 532. The molecule has 0 fully saturated rings. The van der Waals surface area contributed by atoms with Gasteiger partial charge < -0.3 is 26.4 Å². The van der Waals surface area contributed by atoms with Crippen molar-refractivity contribution in [2.45, 2.75) is 5.72 Å². The molecule has 7 heteroatoms. The van der Waals surface area contributed by atoms with Gasteiger partial charge in [-0.3, -0.25) is 4.90 Å². The molecular weight excluding hydrogens is 260 g/mol. The van der Waals surface area contributed by atoms with Crippen LogP contribution in [0.3, 0.4) is 0 Å². The van der Waals surface area contributed by atoms with Crippen LogP contribution in [0.1, 0.15) is 0 Å². The van der Waals surface area contributed by atoms with Gasteiger partial charge in [-0.2, -0.15) is 0 Å². The summed E-state index contributed by atoms with van der Waals surface area (Å²) in [5.41, 5.74) is 4.69. The molecule has 2 heterocycles. The van der Waals surface area contributed by atoms with Crippen LogP contribution in [-0.4, -0.2) is 45.8 Å². The molecule has 2 rings (SSSR count). The zero-order valence-electron chi connectivity index (χ0n) is 10.9. The predicted octanol–water partition coefficient (Wildman–Crippen LogP) is -0.361. The van der Waals surface area contributed by atoms with E-state index < -0.39 is 12.3 Å². The predicted molar refractivity (Wildman–Crippen MR) is 77.0 cm³/mol. The molecule has 108 valence electrons. The zero-order chi connectivity index (χ0) is 14.6. The maximum Gasteiger partial charge on any atom is 0.186 e. The van der Waals surface area contributed by atoms with Crippen molar-refractivity contribution in [1.29, 1.82) is 0 Å². The second-order valence-corrected chi connectivity index (χ2v) is 4.36. The smallest absolute Gasteiger partial charge is 0.186 e. The number of nitrogens with zero attached hydrogens (tertiary/aromatic N) is 2. The number of pyridine rings is 1. The summed E-state index contributed by atoms with van der Waals surface area (Å²) >= 11 is 0. The van der Waals surface area contributed by atoms with Gasteiger partial charge in [-0.25, -0.2) is 4.98 Å². The van der Waals surface area contributed by atoms with Crippen molar-refractivity contribution in [3.05, 3.63) is 36.6 Å². The van der Waals surface area contributed by atoms with Crippen LogP contribution in [0.25, 0.3) is 0 Å². The molecule has 1 aromatic heterocycles. The number of aliphatic hydroxyl groups is 3. The molecule has 1 unspecified atom stereocenters. The molecule has 1 aliphatic rings. The van der Waals surface area contributed by atoms with Crippen molar-refractivity contribution >= 4 is 17.3 Å². The van der Waals surface area contributed by atoms with E-state index in [9.17, 15) is 10.2 Å². The van der Waals surface area contributed by atoms with Gasteiger partial charge in [-0.05, 0) is 24.3 Å². The third kappa shape index (κ3) is 2.74. The first-order valence-electron chi connectivity index (χ1n) is 6.20. The van der Waals surface area contributed by atoms with Crippen LogP contribution >= 0.6 is 0 Å². The molecule has 0 aliphatic carbocycles. The highest BCUT2D eigenvalue weighted by atomic mass is 16.3. The Kier molecular flexibility index (Phi) is 4.23. The minimum Gasteiger partial charge on any atom is -0.396 e. The topological polar surface area (TPSA) is 115 Å². The van der Waals surface area contributed by atoms with Crippen LogP contribution in [-0.2, 0) is 0 Å². The minimum absolute atomic E-state index is 0.0434. The van der Waals surface area contributed by atoms with E-state index in [2.05, 4.69) is 10.3 Å². The number of nitrogens with one attached hydrogen (secondary N) is 1. The van der Waals surface area contributed by atoms with Gasteiger partial charge in [-0.15, -0.1) is 0 Å². The fourth-order valence-corrected chi connectivity index (χ4v) is 1.87. The average Bonchev–Trinajstić information content (AvgIpc) is 2.47. The first-order chi connectivity index (χ1) is 9.60. The van der Waals surface area contributed by atoms with Gasteiger partial charge in [0.25, 0.3) is 0 Å². The molecule has 0 spiro atoms. The average molecular weight is 278 g/mol. The second-order valence-electron chi connectivity index (χ2n) is 4.36. The Morgan fingerprint density at radius 1 is 1.30 bits per heavy atom. The van der Waals surface area contributed by atoms with Crippen LogP contribution < -0.4 is 16.0 Å². The van der Waals surface area contributed by atoms with Crippen molar-refractivity contribution in [3.8, 4) is 0 Å². The van der Waals surface area contributed by atoms with Gasteiger partial charge >= 0.3 is 0 Å². The number of anilines is 3. The van der Waals surface area contributed by atoms with Crippen LogP contribution in [0, 0.1) is 0 Å². The Morgan fingerprint density at radius 2 is 2.10 bits per heavy atom. The number of aromatic nitrogens is 1. The van der Waals surface area contributed by atoms with Gasteiger partial charge in [-0.1, -0.05) is 6.08 Å². The summed E-state index contributed by atoms with van der Waals surface area (Å²) in [7, 11) is 0. The van der Waals surface area contributed by atoms with Crippen LogP contribution in [0.2, 0.25) is 0 Å². The third-order valence-electron chi connectivity index (χ3n) is 2.92. The van der Waals surface area contributed by atoms with Gasteiger partial charge in [0.05, 0.1) is 18.9 Å². The van der Waals surface area contributed by atoms with Crippen molar-refractivity contribution in [2.24, 2.45) is 0 Å². The molecule has 0 aromatic carbocycles. The number of hydrogen-bond donors (Lipinski definition) is 5. The zero-order valence-corrected chi connectivity index (χ0v) is 10.9. The molecule has 6 N–H and O–H groups in total. The number of allylic oxidation sites excluding steroid dienone is 2. The lowest BCUT2D eigenvalue weighted by molar-refractivity contribution is 0.0306. The van der Waals surface area contributed by atoms with E-state index in [1.165, 1.54) is 11.0 Å². The summed E-state index contributed by atoms with van der Waals surface area (Å²) < 4.78 is 0. The number of aliphatic hydroxyl groups excluding tert-OH is 2. The quantitative estimate of drug-likeness (QED) is 0.499. The highest BCUT2D eigenvalue weighted by molar-refractivity contribution is 5.66. The molecule has 1 aromatic rings. The first-order valence-corrected chi connectivity index (χ1v) is 6.20. The minimum atomic E-state index is -1.54. The molecule has 0 saturated carbocycles. The van der Waals surface area contributed by atoms with Crippen LogP contribution in [0.4, 0.5) is 17.3 Å². The van der Waals surface area contributed by atoms with E-state index in [-0.39, 0.29) is 6.61 Å². The second kappa shape index (κ2) is 5.91. The summed E-state index contributed by atoms with van der Waals surface area (Å²) in [4.78, 5) is 5.74. The van der Waals surface area contributed by atoms with E-state index in [0.717, 1.165) is 0 Å². The molecule has 0 amide bonds.